The average molecular weight is 207 g/mol. The topological polar surface area (TPSA) is 74.9 Å². The van der Waals surface area contributed by atoms with Crippen LogP contribution in [0, 0.1) is 0 Å². The highest BCUT2D eigenvalue weighted by molar-refractivity contribution is 5.38. The van der Waals surface area contributed by atoms with Crippen LogP contribution >= 0.6 is 0 Å². The van der Waals surface area contributed by atoms with Crippen molar-refractivity contribution in [3.63, 3.8) is 0 Å². The summed E-state index contributed by atoms with van der Waals surface area (Å²) in [4.78, 5) is 8.13. The molecule has 2 N–H and O–H groups in total. The molecule has 0 aromatic carbocycles. The third kappa shape index (κ3) is 1.16. The van der Waals surface area contributed by atoms with E-state index in [2.05, 4.69) is 9.97 Å². The van der Waals surface area contributed by atoms with Gasteiger partial charge in [-0.15, -0.1) is 10.3 Å². The van der Waals surface area contributed by atoms with Crippen LogP contribution in [-0.4, -0.2) is 15.0 Å². The number of nitrogens with zero attached hydrogens (tertiary/aromatic N) is 3. The van der Waals surface area contributed by atoms with Crippen LogP contribution in [-0.2, 0) is 16.3 Å². The van der Waals surface area contributed by atoms with Crippen LogP contribution in [0.4, 0.5) is 5.95 Å². The van der Waals surface area contributed by atoms with Gasteiger partial charge in [0.05, 0.1) is 16.8 Å². The van der Waals surface area contributed by atoms with Crippen LogP contribution in [0.3, 0.4) is 0 Å². The molecule has 2 heterocycles. The lowest BCUT2D eigenvalue weighted by atomic mass is 9.97. The quantitative estimate of drug-likeness (QED) is 0.693. The van der Waals surface area contributed by atoms with E-state index in [1.165, 1.54) is 0 Å². The molecule has 0 bridgehead atoms. The molecule has 2 rings (SSSR count). The number of rotatable bonds is 0. The van der Waals surface area contributed by atoms with Gasteiger partial charge in [-0.05, 0) is 27.7 Å². The predicted molar refractivity (Wildman–Crippen MR) is 55.0 cm³/mol. The summed E-state index contributed by atoms with van der Waals surface area (Å²) in [5.41, 5.74) is 5.90. The second-order valence-corrected chi connectivity index (χ2v) is 4.90. The Hall–Kier alpha value is -1.20. The lowest BCUT2D eigenvalue weighted by Gasteiger charge is -2.31. The maximum absolute atomic E-state index is 12.1. The monoisotopic (exact) mass is 207 g/mol. The lowest BCUT2D eigenvalue weighted by Crippen LogP contribution is -2.41. The van der Waals surface area contributed by atoms with Gasteiger partial charge in [0, 0.05) is 11.8 Å². The van der Waals surface area contributed by atoms with Gasteiger partial charge in [-0.3, -0.25) is 0 Å². The fourth-order valence-electron chi connectivity index (χ4n) is 2.21. The summed E-state index contributed by atoms with van der Waals surface area (Å²) >= 11 is 0. The second kappa shape index (κ2) is 2.68. The van der Waals surface area contributed by atoms with Gasteiger partial charge in [0.25, 0.3) is 0 Å². The number of aromatic nitrogens is 2. The Kier molecular flexibility index (Phi) is 1.84. The van der Waals surface area contributed by atoms with Gasteiger partial charge in [0.2, 0.25) is 5.95 Å². The van der Waals surface area contributed by atoms with Crippen molar-refractivity contribution in [1.29, 1.82) is 0 Å². The maximum atomic E-state index is 12.1. The predicted octanol–water partition coefficient (Wildman–Crippen LogP) is 1.19. The smallest absolute Gasteiger partial charge is 0.220 e. The van der Waals surface area contributed by atoms with Crippen molar-refractivity contribution >= 4 is 5.95 Å². The van der Waals surface area contributed by atoms with E-state index in [4.69, 9.17) is 5.73 Å². The third-order valence-corrected chi connectivity index (χ3v) is 3.06. The molecule has 0 unspecified atom stereocenters. The summed E-state index contributed by atoms with van der Waals surface area (Å²) in [6.45, 7) is 7.43. The molecule has 1 radical (unpaired) electrons. The number of hydroxylamine groups is 2. The molecule has 0 fully saturated rings. The molecular weight excluding hydrogens is 192 g/mol. The van der Waals surface area contributed by atoms with Crippen LogP contribution in [0.2, 0.25) is 0 Å². The van der Waals surface area contributed by atoms with Gasteiger partial charge in [0.1, 0.15) is 0 Å². The van der Waals surface area contributed by atoms with E-state index in [9.17, 15) is 5.21 Å². The molecule has 0 atom stereocenters. The van der Waals surface area contributed by atoms with E-state index < -0.39 is 11.1 Å². The van der Waals surface area contributed by atoms with Crippen molar-refractivity contribution in [3.05, 3.63) is 17.5 Å². The lowest BCUT2D eigenvalue weighted by molar-refractivity contribution is -0.266. The molecule has 0 aliphatic carbocycles. The van der Waals surface area contributed by atoms with Crippen LogP contribution in [0.15, 0.2) is 6.20 Å². The normalized spacial score (nSPS) is 22.7. The molecule has 1 aromatic rings. The highest BCUT2D eigenvalue weighted by Gasteiger charge is 2.51. The first-order valence-electron chi connectivity index (χ1n) is 4.89. The molecule has 0 saturated heterocycles. The number of fused-ring (bicyclic) bond motifs is 1. The van der Waals surface area contributed by atoms with Crippen molar-refractivity contribution in [1.82, 2.24) is 15.0 Å². The summed E-state index contributed by atoms with van der Waals surface area (Å²) < 4.78 is 0. The van der Waals surface area contributed by atoms with E-state index in [0.29, 0.717) is 0 Å². The second-order valence-electron chi connectivity index (χ2n) is 4.90. The van der Waals surface area contributed by atoms with Crippen LogP contribution in [0.25, 0.3) is 0 Å². The van der Waals surface area contributed by atoms with Gasteiger partial charge in [-0.1, -0.05) is 0 Å². The van der Waals surface area contributed by atoms with E-state index in [1.807, 2.05) is 27.7 Å². The Bertz CT molecular complexity index is 414. The Morgan fingerprint density at radius 3 is 2.47 bits per heavy atom. The molecule has 1 aliphatic rings. The summed E-state index contributed by atoms with van der Waals surface area (Å²) in [5, 5.41) is 13.2. The Morgan fingerprint density at radius 2 is 1.87 bits per heavy atom. The fraction of sp³-hybridized carbons (Fsp3) is 0.600. The van der Waals surface area contributed by atoms with Crippen molar-refractivity contribution < 1.29 is 5.21 Å². The molecule has 5 heteroatoms. The molecule has 1 aliphatic heterocycles. The minimum Gasteiger partial charge on any atom is -0.368 e. The molecule has 0 amide bonds. The number of nitrogen functional groups attached to an aromatic ring is 1. The molecule has 5 nitrogen and oxygen atoms in total. The number of hydrogen-bond donors (Lipinski definition) is 1. The van der Waals surface area contributed by atoms with Gasteiger partial charge < -0.3 is 5.73 Å². The number of nitrogens with two attached hydrogens (primary N) is 1. The van der Waals surface area contributed by atoms with E-state index in [-0.39, 0.29) is 5.95 Å². The molecule has 81 valence electrons. The molecule has 1 aromatic heterocycles. The van der Waals surface area contributed by atoms with E-state index in [1.54, 1.807) is 6.20 Å². The standard InChI is InChI=1S/C10H15N4O/c1-9(2)6-5-12-8(11)13-7(6)10(3,4)14(9)15/h5H,1-4H3,(H2,11,12,13). The minimum atomic E-state index is -0.643. The van der Waals surface area contributed by atoms with Gasteiger partial charge in [0.15, 0.2) is 0 Å². The first-order chi connectivity index (χ1) is 6.78. The first-order valence-corrected chi connectivity index (χ1v) is 4.89. The van der Waals surface area contributed by atoms with E-state index in [0.717, 1.165) is 16.3 Å². The SMILES string of the molecule is CC1(C)c2cnc(N)nc2C(C)(C)N1[O]. The molecule has 15 heavy (non-hydrogen) atoms. The van der Waals surface area contributed by atoms with Crippen LogP contribution in [0.5, 0.6) is 0 Å². The van der Waals surface area contributed by atoms with Crippen molar-refractivity contribution in [3.8, 4) is 0 Å². The van der Waals surface area contributed by atoms with Gasteiger partial charge in [-0.25, -0.2) is 9.97 Å². The zero-order valence-corrected chi connectivity index (χ0v) is 9.40. The van der Waals surface area contributed by atoms with Crippen molar-refractivity contribution in [2.24, 2.45) is 0 Å². The van der Waals surface area contributed by atoms with Gasteiger partial charge in [-0.2, -0.15) is 0 Å². The third-order valence-electron chi connectivity index (χ3n) is 3.06. The van der Waals surface area contributed by atoms with E-state index >= 15 is 0 Å². The summed E-state index contributed by atoms with van der Waals surface area (Å²) in [7, 11) is 0. The zero-order valence-electron chi connectivity index (χ0n) is 9.40. The zero-order chi connectivity index (χ0) is 11.4. The van der Waals surface area contributed by atoms with Crippen molar-refractivity contribution in [2.75, 3.05) is 5.73 Å². The Morgan fingerprint density at radius 1 is 1.27 bits per heavy atom. The summed E-state index contributed by atoms with van der Waals surface area (Å²) in [6.07, 6.45) is 1.65. The summed E-state index contributed by atoms with van der Waals surface area (Å²) in [6, 6.07) is 0. The average Bonchev–Trinajstić information content (AvgIpc) is 2.26. The highest BCUT2D eigenvalue weighted by atomic mass is 16.5. The van der Waals surface area contributed by atoms with Crippen molar-refractivity contribution in [2.45, 2.75) is 38.8 Å². The minimum absolute atomic E-state index is 0.216. The fourth-order valence-corrected chi connectivity index (χ4v) is 2.21. The Labute approximate surface area is 88.9 Å². The number of anilines is 1. The Balaban J connectivity index is 2.71. The largest absolute Gasteiger partial charge is 0.368 e. The molecule has 0 spiro atoms. The molecular formula is C10H15N4O. The first kappa shape index (κ1) is 10.3. The maximum Gasteiger partial charge on any atom is 0.220 e. The van der Waals surface area contributed by atoms with Gasteiger partial charge >= 0.3 is 0 Å². The molecule has 0 saturated carbocycles. The van der Waals surface area contributed by atoms with Crippen LogP contribution in [0.1, 0.15) is 39.0 Å². The highest BCUT2D eigenvalue weighted by Crippen LogP contribution is 2.46. The van der Waals surface area contributed by atoms with Crippen LogP contribution < -0.4 is 5.73 Å². The summed E-state index contributed by atoms with van der Waals surface area (Å²) in [5.74, 6) is 0.216. The number of hydrogen-bond acceptors (Lipinski definition) is 4.